The van der Waals surface area contributed by atoms with Gasteiger partial charge < -0.3 is 16.2 Å². The number of anilines is 2. The molecule has 2 aromatic rings. The van der Waals surface area contributed by atoms with Crippen molar-refractivity contribution >= 4 is 23.1 Å². The van der Waals surface area contributed by atoms with Gasteiger partial charge >= 0.3 is 5.97 Å². The molecule has 2 aromatic carbocycles. The molecule has 0 aliphatic carbocycles. The molecule has 5 nitrogen and oxygen atoms in total. The van der Waals surface area contributed by atoms with E-state index in [0.717, 1.165) is 0 Å². The summed E-state index contributed by atoms with van der Waals surface area (Å²) >= 11 is 0. The molecule has 1 unspecified atom stereocenters. The third-order valence-electron chi connectivity index (χ3n) is 3.07. The lowest BCUT2D eigenvalue weighted by atomic mass is 10.0. The summed E-state index contributed by atoms with van der Waals surface area (Å²) in [5.74, 6) is -1.33. The van der Waals surface area contributed by atoms with Gasteiger partial charge in [-0.2, -0.15) is 0 Å². The molecular formula is C16H16N2O3. The molecule has 0 bridgehead atoms. The fraction of sp³-hybridized carbons (Fsp3) is 0.125. The number of hydrogen-bond acceptors (Lipinski definition) is 4. The molecule has 0 radical (unpaired) electrons. The second-order valence-electron chi connectivity index (χ2n) is 4.62. The largest absolute Gasteiger partial charge is 0.480 e. The van der Waals surface area contributed by atoms with Crippen LogP contribution in [0.3, 0.4) is 0 Å². The number of rotatable bonds is 6. The molecule has 108 valence electrons. The highest BCUT2D eigenvalue weighted by Crippen LogP contribution is 2.19. The Hall–Kier alpha value is -2.82. The van der Waals surface area contributed by atoms with Gasteiger partial charge in [-0.25, -0.2) is 4.79 Å². The lowest BCUT2D eigenvalue weighted by Gasteiger charge is -2.16. The number of Topliss-reactive ketones (excluding diaryl/α,β-unsaturated/α-hetero) is 1. The topological polar surface area (TPSA) is 92.4 Å². The van der Waals surface area contributed by atoms with E-state index in [1.54, 1.807) is 54.6 Å². The zero-order chi connectivity index (χ0) is 15.2. The number of hydrogen-bond donors (Lipinski definition) is 3. The van der Waals surface area contributed by atoms with Crippen LogP contribution in [0.15, 0.2) is 54.6 Å². The molecule has 4 N–H and O–H groups in total. The number of ketones is 1. The molecule has 0 amide bonds. The van der Waals surface area contributed by atoms with Crippen molar-refractivity contribution in [1.82, 2.24) is 0 Å². The molecule has 5 heteroatoms. The molecule has 0 saturated heterocycles. The Labute approximate surface area is 122 Å². The predicted octanol–water partition coefficient (Wildman–Crippen LogP) is 2.41. The quantitative estimate of drug-likeness (QED) is 0.559. The van der Waals surface area contributed by atoms with Gasteiger partial charge in [-0.05, 0) is 12.1 Å². The molecule has 1 atom stereocenters. The maximum atomic E-state index is 12.1. The van der Waals surface area contributed by atoms with Crippen LogP contribution in [0, 0.1) is 0 Å². The number of carbonyl (C=O) groups is 2. The number of carboxylic acid groups (broad SMARTS) is 1. The van der Waals surface area contributed by atoms with Crippen LogP contribution in [-0.4, -0.2) is 22.9 Å². The van der Waals surface area contributed by atoms with Gasteiger partial charge in [-0.1, -0.05) is 42.5 Å². The molecule has 0 aromatic heterocycles. The molecule has 2 rings (SSSR count). The first kappa shape index (κ1) is 14.6. The van der Waals surface area contributed by atoms with E-state index in [1.807, 2.05) is 0 Å². The Balaban J connectivity index is 2.12. The van der Waals surface area contributed by atoms with Gasteiger partial charge in [0.2, 0.25) is 0 Å². The highest BCUT2D eigenvalue weighted by atomic mass is 16.4. The second kappa shape index (κ2) is 6.56. The van der Waals surface area contributed by atoms with Crippen LogP contribution in [0.2, 0.25) is 0 Å². The molecule has 0 aliphatic rings. The Morgan fingerprint density at radius 2 is 1.67 bits per heavy atom. The average molecular weight is 284 g/mol. The van der Waals surface area contributed by atoms with Crippen LogP contribution in [0.5, 0.6) is 0 Å². The van der Waals surface area contributed by atoms with Gasteiger partial charge in [0.1, 0.15) is 6.04 Å². The highest BCUT2D eigenvalue weighted by molar-refractivity contribution is 5.99. The lowest BCUT2D eigenvalue weighted by Crippen LogP contribution is -2.32. The minimum atomic E-state index is -1.09. The summed E-state index contributed by atoms with van der Waals surface area (Å²) in [5.41, 5.74) is 7.21. The molecule has 0 saturated carbocycles. The standard InChI is InChI=1S/C16H16N2O3/c17-12-8-4-5-9-13(12)18-14(16(20)21)10-15(19)11-6-2-1-3-7-11/h1-9,14,18H,10,17H2,(H,20,21). The van der Waals surface area contributed by atoms with Crippen molar-refractivity contribution in [2.45, 2.75) is 12.5 Å². The first-order valence-electron chi connectivity index (χ1n) is 6.50. The van der Waals surface area contributed by atoms with Crippen molar-refractivity contribution in [3.63, 3.8) is 0 Å². The molecule has 0 fully saturated rings. The van der Waals surface area contributed by atoms with E-state index in [4.69, 9.17) is 5.73 Å². The van der Waals surface area contributed by atoms with E-state index in [2.05, 4.69) is 5.32 Å². The normalized spacial score (nSPS) is 11.6. The number of nitrogen functional groups attached to an aromatic ring is 1. The van der Waals surface area contributed by atoms with Crippen molar-refractivity contribution in [2.75, 3.05) is 11.1 Å². The van der Waals surface area contributed by atoms with E-state index in [9.17, 15) is 14.7 Å². The number of carboxylic acids is 1. The maximum Gasteiger partial charge on any atom is 0.326 e. The zero-order valence-corrected chi connectivity index (χ0v) is 11.3. The fourth-order valence-electron chi connectivity index (χ4n) is 1.94. The molecule has 0 aliphatic heterocycles. The summed E-state index contributed by atoms with van der Waals surface area (Å²) in [5, 5.41) is 12.1. The number of carbonyl (C=O) groups excluding carboxylic acids is 1. The van der Waals surface area contributed by atoms with E-state index in [-0.39, 0.29) is 12.2 Å². The maximum absolute atomic E-state index is 12.1. The number of nitrogens with one attached hydrogen (secondary N) is 1. The van der Waals surface area contributed by atoms with Crippen molar-refractivity contribution < 1.29 is 14.7 Å². The van der Waals surface area contributed by atoms with Gasteiger partial charge in [-0.15, -0.1) is 0 Å². The number of benzene rings is 2. The summed E-state index contributed by atoms with van der Waals surface area (Å²) in [7, 11) is 0. The summed E-state index contributed by atoms with van der Waals surface area (Å²) in [4.78, 5) is 23.4. The second-order valence-corrected chi connectivity index (χ2v) is 4.62. The van der Waals surface area contributed by atoms with Crippen LogP contribution < -0.4 is 11.1 Å². The third-order valence-corrected chi connectivity index (χ3v) is 3.07. The Bertz CT molecular complexity index is 641. The molecular weight excluding hydrogens is 268 g/mol. The monoisotopic (exact) mass is 284 g/mol. The highest BCUT2D eigenvalue weighted by Gasteiger charge is 2.22. The number of nitrogens with two attached hydrogens (primary N) is 1. The van der Waals surface area contributed by atoms with Crippen molar-refractivity contribution in [2.24, 2.45) is 0 Å². The number of aliphatic carboxylic acids is 1. The lowest BCUT2D eigenvalue weighted by molar-refractivity contribution is -0.137. The van der Waals surface area contributed by atoms with Crippen LogP contribution in [-0.2, 0) is 4.79 Å². The van der Waals surface area contributed by atoms with Gasteiger partial charge in [0.25, 0.3) is 0 Å². The van der Waals surface area contributed by atoms with E-state index < -0.39 is 12.0 Å². The smallest absolute Gasteiger partial charge is 0.326 e. The zero-order valence-electron chi connectivity index (χ0n) is 11.3. The Morgan fingerprint density at radius 3 is 2.29 bits per heavy atom. The first-order valence-corrected chi connectivity index (χ1v) is 6.50. The Kier molecular flexibility index (Phi) is 4.56. The van der Waals surface area contributed by atoms with Crippen LogP contribution in [0.25, 0.3) is 0 Å². The molecule has 0 spiro atoms. The van der Waals surface area contributed by atoms with Crippen LogP contribution >= 0.6 is 0 Å². The summed E-state index contributed by atoms with van der Waals surface area (Å²) in [6.45, 7) is 0. The summed E-state index contributed by atoms with van der Waals surface area (Å²) in [6.07, 6.45) is -0.145. The van der Waals surface area contributed by atoms with Crippen molar-refractivity contribution in [1.29, 1.82) is 0 Å². The molecule has 21 heavy (non-hydrogen) atoms. The summed E-state index contributed by atoms with van der Waals surface area (Å²) < 4.78 is 0. The van der Waals surface area contributed by atoms with Gasteiger partial charge in [0.05, 0.1) is 11.4 Å². The first-order chi connectivity index (χ1) is 10.1. The van der Waals surface area contributed by atoms with Gasteiger partial charge in [-0.3, -0.25) is 4.79 Å². The number of para-hydroxylation sites is 2. The predicted molar refractivity (Wildman–Crippen MR) is 81.3 cm³/mol. The van der Waals surface area contributed by atoms with Gasteiger partial charge in [0, 0.05) is 12.0 Å². The van der Waals surface area contributed by atoms with Crippen molar-refractivity contribution in [3.8, 4) is 0 Å². The summed E-state index contributed by atoms with van der Waals surface area (Å²) in [6, 6.07) is 14.4. The van der Waals surface area contributed by atoms with E-state index >= 15 is 0 Å². The van der Waals surface area contributed by atoms with E-state index in [1.165, 1.54) is 0 Å². The average Bonchev–Trinajstić information content (AvgIpc) is 2.49. The SMILES string of the molecule is Nc1ccccc1NC(CC(=O)c1ccccc1)C(=O)O. The van der Waals surface area contributed by atoms with Crippen molar-refractivity contribution in [3.05, 3.63) is 60.2 Å². The minimum absolute atomic E-state index is 0.145. The van der Waals surface area contributed by atoms with Gasteiger partial charge in [0.15, 0.2) is 5.78 Å². The van der Waals surface area contributed by atoms with Crippen LogP contribution in [0.1, 0.15) is 16.8 Å². The van der Waals surface area contributed by atoms with Crippen LogP contribution in [0.4, 0.5) is 11.4 Å². The minimum Gasteiger partial charge on any atom is -0.480 e. The fourth-order valence-corrected chi connectivity index (χ4v) is 1.94. The Morgan fingerprint density at radius 1 is 1.05 bits per heavy atom. The van der Waals surface area contributed by atoms with E-state index in [0.29, 0.717) is 16.9 Å². The third kappa shape index (κ3) is 3.82. The molecule has 0 heterocycles.